The summed E-state index contributed by atoms with van der Waals surface area (Å²) in [7, 11) is -2.40. The highest BCUT2D eigenvalue weighted by atomic mass is 32.1. The van der Waals surface area contributed by atoms with E-state index in [1.54, 1.807) is 24.7 Å². The molecule has 2 aromatic heterocycles. The molecule has 0 N–H and O–H groups in total. The molecule has 0 bridgehead atoms. The van der Waals surface area contributed by atoms with Crippen LogP contribution in [-0.2, 0) is 9.98 Å². The summed E-state index contributed by atoms with van der Waals surface area (Å²) in [4.78, 5) is 10.6. The number of rotatable bonds is 3. The summed E-state index contributed by atoms with van der Waals surface area (Å²) in [6.45, 7) is 3.60. The summed E-state index contributed by atoms with van der Waals surface area (Å²) < 4.78 is 21.6. The molecule has 1 spiro atoms. The number of hydrogen-bond acceptors (Lipinski definition) is 5. The zero-order chi connectivity index (χ0) is 32.9. The first kappa shape index (κ1) is 28.6. The second-order valence-electron chi connectivity index (χ2n) is 13.2. The molecule has 4 nitrogen and oxygen atoms in total. The molecule has 0 fully saturated rings. The van der Waals surface area contributed by atoms with Crippen molar-refractivity contribution in [2.75, 3.05) is 13.3 Å². The summed E-state index contributed by atoms with van der Waals surface area (Å²) in [5, 5.41) is 1.96. The Balaban J connectivity index is 1.31. The molecule has 0 unspecified atom stereocenters. The first-order valence-corrected chi connectivity index (χ1v) is 19.8. The number of para-hydroxylation sites is 2. The Morgan fingerprint density at radius 2 is 1.22 bits per heavy atom. The van der Waals surface area contributed by atoms with E-state index in [4.69, 9.17) is 14.7 Å². The molecule has 0 saturated heterocycles. The van der Waals surface area contributed by atoms with Gasteiger partial charge >= 0.3 is 0 Å². The molecule has 1 aliphatic carbocycles. The van der Waals surface area contributed by atoms with Gasteiger partial charge in [-0.05, 0) is 53.8 Å². The minimum absolute atomic E-state index is 0.563. The van der Waals surface area contributed by atoms with Gasteiger partial charge in [0.25, 0.3) is 0 Å². The van der Waals surface area contributed by atoms with E-state index in [2.05, 4.69) is 103 Å². The smallest absolute Gasteiger partial charge is 0.160 e. The van der Waals surface area contributed by atoms with E-state index in [-0.39, 0.29) is 0 Å². The lowest BCUT2D eigenvalue weighted by molar-refractivity contribution is 0.436. The Morgan fingerprint density at radius 1 is 0.612 bits per heavy atom. The minimum Gasteiger partial charge on any atom is -0.457 e. The second-order valence-corrected chi connectivity index (χ2v) is 17.5. The monoisotopic (exact) mass is 668 g/mol. The molecule has 6 heteroatoms. The standard InChI is InChI=1S/C43H29N2O2PS/c1-48(2,46)27-24-22-26(23-25-27)42-44-39-29-13-4-10-21-37(29)49-41(39)40(45-42)30-14-11-18-34-38(30)28-12-3-5-15-31(28)43(34)32-16-6-8-19-35(32)47-36-20-9-7-17-33(36)43/h3-25H,1-2H3. The number of fused-ring (bicyclic) bond motifs is 12. The highest BCUT2D eigenvalue weighted by molar-refractivity contribution is 7.70. The molecular formula is C43H29N2O2PS. The zero-order valence-electron chi connectivity index (χ0n) is 26.8. The number of hydrogen-bond donors (Lipinski definition) is 0. The van der Waals surface area contributed by atoms with Crippen molar-refractivity contribution in [1.29, 1.82) is 0 Å². The van der Waals surface area contributed by atoms with Crippen molar-refractivity contribution < 1.29 is 9.30 Å². The molecule has 3 heterocycles. The maximum atomic E-state index is 12.8. The van der Waals surface area contributed by atoms with Gasteiger partial charge in [-0.25, -0.2) is 9.97 Å². The van der Waals surface area contributed by atoms with E-state index in [0.717, 1.165) is 60.4 Å². The fraction of sp³-hybridized carbons (Fsp3) is 0.0698. The van der Waals surface area contributed by atoms with Crippen molar-refractivity contribution >= 4 is 44.1 Å². The minimum atomic E-state index is -2.40. The Morgan fingerprint density at radius 3 is 1.96 bits per heavy atom. The van der Waals surface area contributed by atoms with Crippen LogP contribution >= 0.6 is 18.5 Å². The Kier molecular flexibility index (Phi) is 6.04. The van der Waals surface area contributed by atoms with Gasteiger partial charge in [0.1, 0.15) is 18.6 Å². The van der Waals surface area contributed by atoms with Crippen LogP contribution in [0.1, 0.15) is 22.3 Å². The summed E-state index contributed by atoms with van der Waals surface area (Å²) in [6, 6.07) is 48.8. The van der Waals surface area contributed by atoms with Gasteiger partial charge in [0.05, 0.1) is 21.3 Å². The number of nitrogens with zero attached hydrogens (tertiary/aromatic N) is 2. The van der Waals surface area contributed by atoms with Gasteiger partial charge in [-0.2, -0.15) is 0 Å². The molecule has 0 amide bonds. The molecule has 8 aromatic rings. The predicted octanol–water partition coefficient (Wildman–Crippen LogP) is 10.9. The van der Waals surface area contributed by atoms with Crippen molar-refractivity contribution in [3.05, 3.63) is 162 Å². The molecule has 10 rings (SSSR count). The van der Waals surface area contributed by atoms with Gasteiger partial charge in [-0.3, -0.25) is 0 Å². The third-order valence-corrected chi connectivity index (χ3v) is 12.8. The van der Waals surface area contributed by atoms with Crippen molar-refractivity contribution in [1.82, 2.24) is 9.97 Å². The summed E-state index contributed by atoms with van der Waals surface area (Å²) in [5.74, 6) is 2.40. The van der Waals surface area contributed by atoms with Crippen molar-refractivity contribution in [3.63, 3.8) is 0 Å². The first-order chi connectivity index (χ1) is 23.9. The van der Waals surface area contributed by atoms with Crippen LogP contribution in [0.2, 0.25) is 0 Å². The van der Waals surface area contributed by atoms with Crippen LogP contribution in [0.3, 0.4) is 0 Å². The average Bonchev–Trinajstić information content (AvgIpc) is 3.65. The highest BCUT2D eigenvalue weighted by Crippen LogP contribution is 2.63. The zero-order valence-corrected chi connectivity index (χ0v) is 28.6. The topological polar surface area (TPSA) is 52.1 Å². The normalized spacial score (nSPS) is 13.9. The van der Waals surface area contributed by atoms with Crippen LogP contribution in [0.15, 0.2) is 140 Å². The van der Waals surface area contributed by atoms with E-state index in [0.29, 0.717) is 5.82 Å². The molecule has 2 aliphatic rings. The van der Waals surface area contributed by atoms with E-state index in [1.807, 2.05) is 36.4 Å². The van der Waals surface area contributed by atoms with Crippen LogP contribution in [0.4, 0.5) is 0 Å². The molecular weight excluding hydrogens is 640 g/mol. The van der Waals surface area contributed by atoms with Crippen LogP contribution in [0, 0.1) is 0 Å². The first-order valence-electron chi connectivity index (χ1n) is 16.4. The Hall–Kier alpha value is -5.35. The lowest BCUT2D eigenvalue weighted by Gasteiger charge is -2.39. The fourth-order valence-electron chi connectivity index (χ4n) is 7.97. The SMILES string of the molecule is CP(C)(=O)c1ccc(-c2nc(-c3cccc4c3-c3ccccc3C43c4ccccc4Oc4ccccc43)c3sc4ccccc4c3n2)cc1. The van der Waals surface area contributed by atoms with Gasteiger partial charge in [-0.1, -0.05) is 121 Å². The molecule has 49 heavy (non-hydrogen) atoms. The van der Waals surface area contributed by atoms with Crippen molar-refractivity contribution in [2.24, 2.45) is 0 Å². The van der Waals surface area contributed by atoms with E-state index < -0.39 is 12.6 Å². The van der Waals surface area contributed by atoms with E-state index in [1.165, 1.54) is 27.0 Å². The highest BCUT2D eigenvalue weighted by Gasteiger charge is 2.51. The van der Waals surface area contributed by atoms with Gasteiger partial charge in [0, 0.05) is 37.6 Å². The van der Waals surface area contributed by atoms with Gasteiger partial charge in [0.15, 0.2) is 5.82 Å². The number of benzene rings is 6. The largest absolute Gasteiger partial charge is 0.457 e. The van der Waals surface area contributed by atoms with Crippen LogP contribution in [0.25, 0.3) is 54.1 Å². The Bertz CT molecular complexity index is 2660. The summed E-state index contributed by atoms with van der Waals surface area (Å²) >= 11 is 1.74. The molecule has 1 aliphatic heterocycles. The fourth-order valence-corrected chi connectivity index (χ4v) is 9.99. The maximum Gasteiger partial charge on any atom is 0.160 e. The van der Waals surface area contributed by atoms with E-state index >= 15 is 0 Å². The van der Waals surface area contributed by atoms with Crippen molar-refractivity contribution in [2.45, 2.75) is 5.41 Å². The van der Waals surface area contributed by atoms with E-state index in [9.17, 15) is 4.57 Å². The lowest BCUT2D eigenvalue weighted by atomic mass is 9.66. The van der Waals surface area contributed by atoms with Crippen LogP contribution in [-0.4, -0.2) is 23.3 Å². The average molecular weight is 669 g/mol. The third-order valence-electron chi connectivity index (χ3n) is 10.1. The van der Waals surface area contributed by atoms with Crippen LogP contribution in [0.5, 0.6) is 11.5 Å². The third kappa shape index (κ3) is 4.01. The number of aromatic nitrogens is 2. The molecule has 0 atom stereocenters. The van der Waals surface area contributed by atoms with Gasteiger partial charge < -0.3 is 9.30 Å². The maximum absolute atomic E-state index is 12.8. The second kappa shape index (κ2) is 10.3. The Labute approximate surface area is 288 Å². The van der Waals surface area contributed by atoms with Gasteiger partial charge in [-0.15, -0.1) is 11.3 Å². The number of thiophene rings is 1. The molecule has 0 radical (unpaired) electrons. The van der Waals surface area contributed by atoms with Crippen LogP contribution < -0.4 is 10.0 Å². The molecule has 6 aromatic carbocycles. The lowest BCUT2D eigenvalue weighted by Crippen LogP contribution is -2.32. The number of ether oxygens (including phenoxy) is 1. The molecule has 234 valence electrons. The predicted molar refractivity (Wildman–Crippen MR) is 202 cm³/mol. The summed E-state index contributed by atoms with van der Waals surface area (Å²) in [6.07, 6.45) is 0. The van der Waals surface area contributed by atoms with Crippen molar-refractivity contribution in [3.8, 4) is 45.3 Å². The van der Waals surface area contributed by atoms with Gasteiger partial charge in [0.2, 0.25) is 0 Å². The molecule has 0 saturated carbocycles. The quantitative estimate of drug-likeness (QED) is 0.176. The summed E-state index contributed by atoms with van der Waals surface area (Å²) in [5.41, 5.74) is 10.4.